The second kappa shape index (κ2) is 4.52. The molecule has 0 radical (unpaired) electrons. The Morgan fingerprint density at radius 2 is 2.07 bits per heavy atom. The number of hydrogen-bond acceptors (Lipinski definition) is 2. The number of hydrogen-bond donors (Lipinski definition) is 2. The maximum Gasteiger partial charge on any atom is 0.221 e. The van der Waals surface area contributed by atoms with Crippen molar-refractivity contribution < 1.29 is 4.79 Å². The molecule has 3 nitrogen and oxygen atoms in total. The Kier molecular flexibility index (Phi) is 3.77. The summed E-state index contributed by atoms with van der Waals surface area (Å²) < 4.78 is 0. The van der Waals surface area contributed by atoms with Crippen LogP contribution in [0.2, 0.25) is 0 Å². The van der Waals surface area contributed by atoms with Crippen LogP contribution in [0.4, 0.5) is 0 Å². The lowest BCUT2D eigenvalue weighted by atomic mass is 9.75. The molecule has 1 fully saturated rings. The van der Waals surface area contributed by atoms with Crippen LogP contribution in [-0.2, 0) is 4.79 Å². The van der Waals surface area contributed by atoms with Gasteiger partial charge in [0.05, 0.1) is 0 Å². The predicted molar refractivity (Wildman–Crippen MR) is 62.5 cm³/mol. The molecule has 15 heavy (non-hydrogen) atoms. The van der Waals surface area contributed by atoms with Crippen molar-refractivity contribution in [3.05, 3.63) is 0 Å². The first-order valence-corrected chi connectivity index (χ1v) is 5.92. The molecule has 3 heteroatoms. The summed E-state index contributed by atoms with van der Waals surface area (Å²) >= 11 is 0. The van der Waals surface area contributed by atoms with Crippen molar-refractivity contribution in [3.63, 3.8) is 0 Å². The molecule has 0 aliphatic heterocycles. The van der Waals surface area contributed by atoms with Crippen LogP contribution in [0, 0.1) is 5.41 Å². The van der Waals surface area contributed by atoms with E-state index in [1.807, 2.05) is 0 Å². The molecule has 0 aromatic carbocycles. The normalized spacial score (nSPS) is 19.5. The van der Waals surface area contributed by atoms with Gasteiger partial charge in [-0.05, 0) is 31.1 Å². The summed E-state index contributed by atoms with van der Waals surface area (Å²) in [5, 5.41) is 2.98. The Morgan fingerprint density at radius 3 is 2.47 bits per heavy atom. The molecule has 0 atom stereocenters. The molecular weight excluding hydrogens is 188 g/mol. The van der Waals surface area contributed by atoms with E-state index < -0.39 is 0 Å². The molecule has 1 rings (SSSR count). The number of rotatable bonds is 5. The molecule has 1 amide bonds. The van der Waals surface area contributed by atoms with Gasteiger partial charge in [0.25, 0.3) is 0 Å². The van der Waals surface area contributed by atoms with Gasteiger partial charge >= 0.3 is 0 Å². The maximum atomic E-state index is 11.6. The highest BCUT2D eigenvalue weighted by atomic mass is 16.1. The van der Waals surface area contributed by atoms with Crippen LogP contribution in [0.15, 0.2) is 0 Å². The highest BCUT2D eigenvalue weighted by molar-refractivity contribution is 5.77. The van der Waals surface area contributed by atoms with Crippen LogP contribution < -0.4 is 11.1 Å². The minimum Gasteiger partial charge on any atom is -0.356 e. The Bertz CT molecular complexity index is 232. The van der Waals surface area contributed by atoms with Crippen LogP contribution in [0.1, 0.15) is 52.9 Å². The molecule has 1 saturated carbocycles. The number of carbonyl (C=O) groups is 1. The second-order valence-corrected chi connectivity index (χ2v) is 5.69. The van der Waals surface area contributed by atoms with Crippen LogP contribution in [-0.4, -0.2) is 18.0 Å². The van der Waals surface area contributed by atoms with E-state index in [0.717, 1.165) is 25.8 Å². The quantitative estimate of drug-likeness (QED) is 0.730. The lowest BCUT2D eigenvalue weighted by Gasteiger charge is -2.37. The zero-order valence-electron chi connectivity index (χ0n) is 10.2. The SMILES string of the molecule is CCC(C)(C)CNC(=O)CC1(N)CCC1. The average Bonchev–Trinajstić information content (AvgIpc) is 2.13. The lowest BCUT2D eigenvalue weighted by Crippen LogP contribution is -2.50. The van der Waals surface area contributed by atoms with Crippen molar-refractivity contribution in [1.29, 1.82) is 0 Å². The van der Waals surface area contributed by atoms with Crippen molar-refractivity contribution in [3.8, 4) is 0 Å². The molecule has 0 heterocycles. The summed E-state index contributed by atoms with van der Waals surface area (Å²) in [5.41, 5.74) is 6.01. The first-order chi connectivity index (χ1) is 6.87. The zero-order valence-corrected chi connectivity index (χ0v) is 10.2. The van der Waals surface area contributed by atoms with Gasteiger partial charge in [-0.25, -0.2) is 0 Å². The van der Waals surface area contributed by atoms with Gasteiger partial charge in [-0.1, -0.05) is 20.8 Å². The molecule has 88 valence electrons. The largest absolute Gasteiger partial charge is 0.356 e. The summed E-state index contributed by atoms with van der Waals surface area (Å²) in [7, 11) is 0. The highest BCUT2D eigenvalue weighted by Crippen LogP contribution is 2.32. The van der Waals surface area contributed by atoms with Gasteiger partial charge in [0, 0.05) is 18.5 Å². The van der Waals surface area contributed by atoms with Crippen LogP contribution in [0.5, 0.6) is 0 Å². The Morgan fingerprint density at radius 1 is 1.47 bits per heavy atom. The molecule has 0 saturated heterocycles. The third kappa shape index (κ3) is 3.82. The van der Waals surface area contributed by atoms with E-state index in [9.17, 15) is 4.79 Å². The first kappa shape index (κ1) is 12.5. The second-order valence-electron chi connectivity index (χ2n) is 5.69. The van der Waals surface area contributed by atoms with Crippen LogP contribution >= 0.6 is 0 Å². The van der Waals surface area contributed by atoms with Crippen molar-refractivity contribution in [1.82, 2.24) is 5.32 Å². The van der Waals surface area contributed by atoms with Gasteiger partial charge < -0.3 is 11.1 Å². The molecule has 0 aromatic rings. The maximum absolute atomic E-state index is 11.6. The fourth-order valence-corrected chi connectivity index (χ4v) is 1.65. The van der Waals surface area contributed by atoms with E-state index in [0.29, 0.717) is 6.42 Å². The highest BCUT2D eigenvalue weighted by Gasteiger charge is 2.34. The van der Waals surface area contributed by atoms with Gasteiger partial charge in [-0.3, -0.25) is 4.79 Å². The van der Waals surface area contributed by atoms with E-state index in [1.54, 1.807) is 0 Å². The monoisotopic (exact) mass is 212 g/mol. The molecular formula is C12H24N2O. The van der Waals surface area contributed by atoms with Crippen molar-refractivity contribution in [2.45, 2.75) is 58.4 Å². The number of carbonyl (C=O) groups excluding carboxylic acids is 1. The van der Waals surface area contributed by atoms with E-state index in [4.69, 9.17) is 5.73 Å². The summed E-state index contributed by atoms with van der Waals surface area (Å²) in [5.74, 6) is 0.110. The first-order valence-electron chi connectivity index (χ1n) is 5.92. The molecule has 0 bridgehead atoms. The number of amides is 1. The predicted octanol–water partition coefficient (Wildman–Crippen LogP) is 1.81. The zero-order chi connectivity index (χ0) is 11.5. The summed E-state index contributed by atoms with van der Waals surface area (Å²) in [6.45, 7) is 7.21. The molecule has 0 aromatic heterocycles. The molecule has 0 spiro atoms. The fraction of sp³-hybridized carbons (Fsp3) is 0.917. The molecule has 1 aliphatic rings. The van der Waals surface area contributed by atoms with Gasteiger partial charge in [0.15, 0.2) is 0 Å². The van der Waals surface area contributed by atoms with E-state index >= 15 is 0 Å². The molecule has 1 aliphatic carbocycles. The van der Waals surface area contributed by atoms with E-state index in [1.165, 1.54) is 6.42 Å². The third-order valence-electron chi connectivity index (χ3n) is 3.58. The smallest absolute Gasteiger partial charge is 0.221 e. The minimum absolute atomic E-state index is 0.110. The topological polar surface area (TPSA) is 55.1 Å². The summed E-state index contributed by atoms with van der Waals surface area (Å²) in [6.07, 6.45) is 4.73. The Hall–Kier alpha value is -0.570. The van der Waals surface area contributed by atoms with Crippen molar-refractivity contribution in [2.75, 3.05) is 6.54 Å². The number of nitrogens with two attached hydrogens (primary N) is 1. The Balaban J connectivity index is 2.24. The van der Waals surface area contributed by atoms with Crippen LogP contribution in [0.3, 0.4) is 0 Å². The minimum atomic E-state index is -0.194. The molecule has 0 unspecified atom stereocenters. The lowest BCUT2D eigenvalue weighted by molar-refractivity contribution is -0.123. The summed E-state index contributed by atoms with van der Waals surface area (Å²) in [6, 6.07) is 0. The van der Waals surface area contributed by atoms with Gasteiger partial charge in [0.2, 0.25) is 5.91 Å². The standard InChI is InChI=1S/C12H24N2O/c1-4-11(2,3)9-14-10(15)8-12(13)6-5-7-12/h4-9,13H2,1-3H3,(H,14,15). The van der Waals surface area contributed by atoms with Crippen molar-refractivity contribution in [2.24, 2.45) is 11.1 Å². The third-order valence-corrected chi connectivity index (χ3v) is 3.58. The van der Waals surface area contributed by atoms with Gasteiger partial charge in [0.1, 0.15) is 0 Å². The summed E-state index contributed by atoms with van der Waals surface area (Å²) in [4.78, 5) is 11.6. The van der Waals surface area contributed by atoms with Crippen molar-refractivity contribution >= 4 is 5.91 Å². The van der Waals surface area contributed by atoms with E-state index in [2.05, 4.69) is 26.1 Å². The van der Waals surface area contributed by atoms with Gasteiger partial charge in [-0.15, -0.1) is 0 Å². The average molecular weight is 212 g/mol. The van der Waals surface area contributed by atoms with Crippen LogP contribution in [0.25, 0.3) is 0 Å². The van der Waals surface area contributed by atoms with E-state index in [-0.39, 0.29) is 16.9 Å². The fourth-order valence-electron chi connectivity index (χ4n) is 1.65. The number of nitrogens with one attached hydrogen (secondary N) is 1. The molecule has 3 N–H and O–H groups in total. The Labute approximate surface area is 92.8 Å². The van der Waals surface area contributed by atoms with Gasteiger partial charge in [-0.2, -0.15) is 0 Å².